The first-order chi connectivity index (χ1) is 7.00. The standard InChI is InChI=1S/C10H18N2O3/c1-6(12-7(2)13)10(15)11-5-9(14)8-3-4-8/h6,8-9,14H,3-5H2,1-2H3,(H,11,15)(H,12,13). The van der Waals surface area contributed by atoms with Crippen molar-refractivity contribution in [3.05, 3.63) is 0 Å². The smallest absolute Gasteiger partial charge is 0.242 e. The summed E-state index contributed by atoms with van der Waals surface area (Å²) < 4.78 is 0. The van der Waals surface area contributed by atoms with E-state index in [4.69, 9.17) is 0 Å². The summed E-state index contributed by atoms with van der Waals surface area (Å²) in [7, 11) is 0. The second-order valence-electron chi connectivity index (χ2n) is 4.07. The molecule has 0 aromatic heterocycles. The van der Waals surface area contributed by atoms with E-state index in [1.807, 2.05) is 0 Å². The Balaban J connectivity index is 2.19. The van der Waals surface area contributed by atoms with Crippen molar-refractivity contribution in [1.29, 1.82) is 0 Å². The summed E-state index contributed by atoms with van der Waals surface area (Å²) in [5.41, 5.74) is 0. The molecule has 3 N–H and O–H groups in total. The summed E-state index contributed by atoms with van der Waals surface area (Å²) in [6, 6.07) is -0.547. The number of carbonyl (C=O) groups is 2. The number of hydrogen-bond donors (Lipinski definition) is 3. The van der Waals surface area contributed by atoms with Crippen molar-refractivity contribution in [1.82, 2.24) is 10.6 Å². The fraction of sp³-hybridized carbons (Fsp3) is 0.800. The van der Waals surface area contributed by atoms with Crippen molar-refractivity contribution in [2.75, 3.05) is 6.54 Å². The Labute approximate surface area is 89.2 Å². The topological polar surface area (TPSA) is 78.4 Å². The van der Waals surface area contributed by atoms with Crippen LogP contribution in [0.2, 0.25) is 0 Å². The highest BCUT2D eigenvalue weighted by molar-refractivity contribution is 5.86. The molecule has 5 nitrogen and oxygen atoms in total. The molecule has 0 aliphatic heterocycles. The minimum absolute atomic E-state index is 0.236. The molecular weight excluding hydrogens is 196 g/mol. The number of rotatable bonds is 5. The minimum atomic E-state index is -0.547. The zero-order valence-electron chi connectivity index (χ0n) is 9.12. The summed E-state index contributed by atoms with van der Waals surface area (Å²) in [6.07, 6.45) is 1.63. The fourth-order valence-electron chi connectivity index (χ4n) is 1.38. The Morgan fingerprint density at radius 1 is 1.47 bits per heavy atom. The highest BCUT2D eigenvalue weighted by Crippen LogP contribution is 2.32. The van der Waals surface area contributed by atoms with E-state index in [2.05, 4.69) is 10.6 Å². The zero-order chi connectivity index (χ0) is 11.4. The molecule has 2 amide bonds. The predicted octanol–water partition coefficient (Wildman–Crippen LogP) is -0.602. The van der Waals surface area contributed by atoms with Crippen LogP contribution in [0.3, 0.4) is 0 Å². The maximum atomic E-state index is 11.4. The maximum absolute atomic E-state index is 11.4. The van der Waals surface area contributed by atoms with Gasteiger partial charge in [-0.15, -0.1) is 0 Å². The van der Waals surface area contributed by atoms with Crippen molar-refractivity contribution in [3.8, 4) is 0 Å². The van der Waals surface area contributed by atoms with E-state index in [-0.39, 0.29) is 18.4 Å². The molecule has 1 aliphatic rings. The van der Waals surface area contributed by atoms with E-state index in [0.717, 1.165) is 12.8 Å². The predicted molar refractivity (Wildman–Crippen MR) is 55.0 cm³/mol. The van der Waals surface area contributed by atoms with E-state index in [1.54, 1.807) is 6.92 Å². The molecule has 2 atom stereocenters. The Morgan fingerprint density at radius 2 is 2.07 bits per heavy atom. The lowest BCUT2D eigenvalue weighted by Crippen LogP contribution is -2.46. The van der Waals surface area contributed by atoms with Crippen LogP contribution in [0.25, 0.3) is 0 Å². The second-order valence-corrected chi connectivity index (χ2v) is 4.07. The molecule has 0 aromatic carbocycles. The van der Waals surface area contributed by atoms with Crippen molar-refractivity contribution in [3.63, 3.8) is 0 Å². The average Bonchev–Trinajstić information content (AvgIpc) is 2.95. The first-order valence-corrected chi connectivity index (χ1v) is 5.23. The molecule has 0 bridgehead atoms. The third-order valence-corrected chi connectivity index (χ3v) is 2.46. The normalized spacial score (nSPS) is 19.1. The molecule has 0 heterocycles. The van der Waals surface area contributed by atoms with Gasteiger partial charge in [0.1, 0.15) is 6.04 Å². The van der Waals surface area contributed by atoms with E-state index in [1.165, 1.54) is 6.92 Å². The summed E-state index contributed by atoms with van der Waals surface area (Å²) in [4.78, 5) is 22.1. The van der Waals surface area contributed by atoms with Crippen LogP contribution in [0.15, 0.2) is 0 Å². The van der Waals surface area contributed by atoms with Crippen LogP contribution in [-0.4, -0.2) is 35.6 Å². The van der Waals surface area contributed by atoms with Crippen LogP contribution in [-0.2, 0) is 9.59 Å². The van der Waals surface area contributed by atoms with E-state index in [0.29, 0.717) is 5.92 Å². The molecule has 1 fully saturated rings. The van der Waals surface area contributed by atoms with Crippen LogP contribution in [0.1, 0.15) is 26.7 Å². The Hall–Kier alpha value is -1.10. The van der Waals surface area contributed by atoms with Gasteiger partial charge in [-0.05, 0) is 25.7 Å². The average molecular weight is 214 g/mol. The SMILES string of the molecule is CC(=O)NC(C)C(=O)NCC(O)C1CC1. The second kappa shape index (κ2) is 5.11. The Bertz CT molecular complexity index is 251. The van der Waals surface area contributed by atoms with Crippen LogP contribution in [0, 0.1) is 5.92 Å². The fourth-order valence-corrected chi connectivity index (χ4v) is 1.38. The molecule has 1 rings (SSSR count). The van der Waals surface area contributed by atoms with Crippen LogP contribution in [0.4, 0.5) is 0 Å². The maximum Gasteiger partial charge on any atom is 0.242 e. The van der Waals surface area contributed by atoms with Crippen molar-refractivity contribution in [2.24, 2.45) is 5.92 Å². The van der Waals surface area contributed by atoms with Gasteiger partial charge in [-0.25, -0.2) is 0 Å². The van der Waals surface area contributed by atoms with Crippen molar-refractivity contribution < 1.29 is 14.7 Å². The number of aliphatic hydroxyl groups excluding tert-OH is 1. The molecular formula is C10H18N2O3. The first kappa shape index (κ1) is 12.0. The quantitative estimate of drug-likeness (QED) is 0.571. The van der Waals surface area contributed by atoms with Crippen LogP contribution >= 0.6 is 0 Å². The summed E-state index contributed by atoms with van der Waals surface area (Å²) in [6.45, 7) is 3.25. The third-order valence-electron chi connectivity index (χ3n) is 2.46. The molecule has 5 heteroatoms. The van der Waals surface area contributed by atoms with Crippen molar-refractivity contribution in [2.45, 2.75) is 38.8 Å². The highest BCUT2D eigenvalue weighted by Gasteiger charge is 2.30. The lowest BCUT2D eigenvalue weighted by Gasteiger charge is -2.15. The highest BCUT2D eigenvalue weighted by atomic mass is 16.3. The van der Waals surface area contributed by atoms with Gasteiger partial charge in [0.2, 0.25) is 11.8 Å². The monoisotopic (exact) mass is 214 g/mol. The Kier molecular flexibility index (Phi) is 4.08. The minimum Gasteiger partial charge on any atom is -0.391 e. The van der Waals surface area contributed by atoms with Gasteiger partial charge in [-0.1, -0.05) is 0 Å². The van der Waals surface area contributed by atoms with Gasteiger partial charge in [-0.3, -0.25) is 9.59 Å². The molecule has 0 aromatic rings. The lowest BCUT2D eigenvalue weighted by molar-refractivity contribution is -0.127. The van der Waals surface area contributed by atoms with Gasteiger partial charge in [0.05, 0.1) is 6.10 Å². The van der Waals surface area contributed by atoms with Gasteiger partial charge < -0.3 is 15.7 Å². The molecule has 1 saturated carbocycles. The molecule has 0 spiro atoms. The third kappa shape index (κ3) is 4.29. The van der Waals surface area contributed by atoms with Gasteiger partial charge in [-0.2, -0.15) is 0 Å². The first-order valence-electron chi connectivity index (χ1n) is 5.23. The van der Waals surface area contributed by atoms with E-state index < -0.39 is 12.1 Å². The molecule has 86 valence electrons. The van der Waals surface area contributed by atoms with Crippen LogP contribution < -0.4 is 10.6 Å². The number of aliphatic hydroxyl groups is 1. The van der Waals surface area contributed by atoms with Gasteiger partial charge in [0.25, 0.3) is 0 Å². The number of hydrogen-bond acceptors (Lipinski definition) is 3. The lowest BCUT2D eigenvalue weighted by atomic mass is 10.2. The van der Waals surface area contributed by atoms with Crippen molar-refractivity contribution >= 4 is 11.8 Å². The van der Waals surface area contributed by atoms with E-state index in [9.17, 15) is 14.7 Å². The number of amides is 2. The summed E-state index contributed by atoms with van der Waals surface area (Å²) in [5.74, 6) is -0.147. The molecule has 15 heavy (non-hydrogen) atoms. The largest absolute Gasteiger partial charge is 0.391 e. The number of carbonyl (C=O) groups excluding carboxylic acids is 2. The molecule has 0 saturated heterocycles. The van der Waals surface area contributed by atoms with Gasteiger partial charge in [0.15, 0.2) is 0 Å². The summed E-state index contributed by atoms with van der Waals surface area (Å²) >= 11 is 0. The van der Waals surface area contributed by atoms with Gasteiger partial charge >= 0.3 is 0 Å². The Morgan fingerprint density at radius 3 is 2.53 bits per heavy atom. The molecule has 2 unspecified atom stereocenters. The van der Waals surface area contributed by atoms with Crippen LogP contribution in [0.5, 0.6) is 0 Å². The number of nitrogens with one attached hydrogen (secondary N) is 2. The zero-order valence-corrected chi connectivity index (χ0v) is 9.12. The van der Waals surface area contributed by atoms with E-state index >= 15 is 0 Å². The molecule has 0 radical (unpaired) electrons. The summed E-state index contributed by atoms with van der Waals surface area (Å²) in [5, 5.41) is 14.6. The van der Waals surface area contributed by atoms with Gasteiger partial charge in [0, 0.05) is 13.5 Å². The molecule has 1 aliphatic carbocycles.